The van der Waals surface area contributed by atoms with E-state index in [1.807, 2.05) is 36.4 Å². The molecule has 0 spiro atoms. The lowest BCUT2D eigenvalue weighted by molar-refractivity contribution is 0.668. The van der Waals surface area contributed by atoms with Crippen LogP contribution in [-0.2, 0) is 0 Å². The van der Waals surface area contributed by atoms with E-state index in [1.54, 1.807) is 0 Å². The predicted molar refractivity (Wildman–Crippen MR) is 280 cm³/mol. The van der Waals surface area contributed by atoms with E-state index in [2.05, 4.69) is 182 Å². The van der Waals surface area contributed by atoms with Crippen LogP contribution in [0.1, 0.15) is 45.2 Å². The van der Waals surface area contributed by atoms with E-state index in [4.69, 9.17) is 28.8 Å². The average molecular weight is 895 g/mol. The number of benzene rings is 9. The second-order valence-corrected chi connectivity index (χ2v) is 18.5. The summed E-state index contributed by atoms with van der Waals surface area (Å²) < 4.78 is 12.7. The van der Waals surface area contributed by atoms with Crippen molar-refractivity contribution in [2.24, 2.45) is 0 Å². The monoisotopic (exact) mass is 894 g/mol. The molecule has 0 aliphatic heterocycles. The molecule has 16 rings (SSSR count). The fourth-order valence-electron chi connectivity index (χ4n) is 11.2. The van der Waals surface area contributed by atoms with Gasteiger partial charge in [0.05, 0.1) is 22.8 Å². The van der Waals surface area contributed by atoms with Gasteiger partial charge in [0.1, 0.15) is 22.3 Å². The van der Waals surface area contributed by atoms with Gasteiger partial charge in [-0.25, -0.2) is 19.9 Å². The van der Waals surface area contributed by atoms with Gasteiger partial charge in [0.15, 0.2) is 11.6 Å². The van der Waals surface area contributed by atoms with E-state index in [0.717, 1.165) is 100 Å². The SMILES string of the molecule is c1ccc(-c2cc(-c3ccc4c(c3)oc3ccccc34)nc(-c3ccc4c(c3)C3c5ccccc5C4c4cc(-c5nc(-c6ccccc6)cc(-c6ccc7c(c6)oc6ccccc67)n5)ccc43)n2)cc1. The standard InChI is InChI=1S/C64H38N4O2/c1-3-13-37(14-4-1)53-35-55(39-23-27-45-43-17-9-11-21-57(43)69-59(45)33-39)67-63(65-53)41-25-29-49-51(31-41)61-47-19-7-8-20-48(47)62(49)52-32-42(26-30-50(52)61)64-66-54(38-15-5-2-6-16-38)36-56(68-64)40-24-28-46-44-18-10-12-22-58(44)70-60(46)34-40/h1-36,61-62H. The zero-order valence-corrected chi connectivity index (χ0v) is 37.5. The molecule has 9 aromatic carbocycles. The summed E-state index contributed by atoms with van der Waals surface area (Å²) in [7, 11) is 0. The number of furan rings is 2. The highest BCUT2D eigenvalue weighted by atomic mass is 16.3. The molecule has 0 fully saturated rings. The number of fused-ring (bicyclic) bond motifs is 6. The van der Waals surface area contributed by atoms with Crippen LogP contribution < -0.4 is 0 Å². The van der Waals surface area contributed by atoms with Crippen molar-refractivity contribution in [3.8, 4) is 67.8 Å². The van der Waals surface area contributed by atoms with Crippen LogP contribution in [0.5, 0.6) is 0 Å². The summed E-state index contributed by atoms with van der Waals surface area (Å²) in [5.74, 6) is 1.41. The molecule has 0 saturated heterocycles. The molecule has 3 aliphatic carbocycles. The first-order valence-electron chi connectivity index (χ1n) is 23.7. The fraction of sp³-hybridized carbons (Fsp3) is 0.0312. The molecule has 2 atom stereocenters. The van der Waals surface area contributed by atoms with E-state index < -0.39 is 0 Å². The summed E-state index contributed by atoms with van der Waals surface area (Å²) in [5, 5.41) is 4.39. The zero-order valence-electron chi connectivity index (χ0n) is 37.5. The van der Waals surface area contributed by atoms with Gasteiger partial charge in [0.2, 0.25) is 0 Å². The van der Waals surface area contributed by atoms with E-state index >= 15 is 0 Å². The second kappa shape index (κ2) is 15.1. The Morgan fingerprint density at radius 1 is 0.243 bits per heavy atom. The molecule has 13 aromatic rings. The quantitative estimate of drug-likeness (QED) is 0.165. The van der Waals surface area contributed by atoms with Crippen molar-refractivity contribution in [2.45, 2.75) is 11.8 Å². The molecule has 3 aliphatic rings. The maximum absolute atomic E-state index is 6.34. The lowest BCUT2D eigenvalue weighted by Crippen LogP contribution is -2.27. The van der Waals surface area contributed by atoms with E-state index in [-0.39, 0.29) is 11.8 Å². The number of para-hydroxylation sites is 2. The third kappa shape index (κ3) is 6.06. The van der Waals surface area contributed by atoms with E-state index in [9.17, 15) is 0 Å². The van der Waals surface area contributed by atoms with Crippen molar-refractivity contribution in [3.05, 3.63) is 252 Å². The summed E-state index contributed by atoms with van der Waals surface area (Å²) in [6.45, 7) is 0. The molecule has 0 N–H and O–H groups in total. The summed E-state index contributed by atoms with van der Waals surface area (Å²) >= 11 is 0. The van der Waals surface area contributed by atoms with Crippen LogP contribution in [0.15, 0.2) is 227 Å². The van der Waals surface area contributed by atoms with Gasteiger partial charge in [0.25, 0.3) is 0 Å². The first-order valence-corrected chi connectivity index (χ1v) is 23.7. The third-order valence-corrected chi connectivity index (χ3v) is 14.5. The highest BCUT2D eigenvalue weighted by molar-refractivity contribution is 6.07. The summed E-state index contributed by atoms with van der Waals surface area (Å²) in [4.78, 5) is 21.2. The Morgan fingerprint density at radius 2 is 0.600 bits per heavy atom. The van der Waals surface area contributed by atoms with Crippen LogP contribution in [-0.4, -0.2) is 19.9 Å². The van der Waals surface area contributed by atoms with Gasteiger partial charge in [-0.1, -0.05) is 158 Å². The summed E-state index contributed by atoms with van der Waals surface area (Å²) in [5.41, 5.74) is 20.6. The van der Waals surface area contributed by atoms with Gasteiger partial charge in [0, 0.05) is 66.8 Å². The van der Waals surface area contributed by atoms with Gasteiger partial charge < -0.3 is 8.83 Å². The van der Waals surface area contributed by atoms with Crippen molar-refractivity contribution in [1.82, 2.24) is 19.9 Å². The summed E-state index contributed by atoms with van der Waals surface area (Å²) in [6, 6.07) is 76.7. The minimum Gasteiger partial charge on any atom is -0.456 e. The fourth-order valence-corrected chi connectivity index (χ4v) is 11.2. The van der Waals surface area contributed by atoms with E-state index in [0.29, 0.717) is 11.6 Å². The topological polar surface area (TPSA) is 77.8 Å². The number of rotatable bonds is 6. The molecule has 326 valence electrons. The van der Waals surface area contributed by atoms with Crippen LogP contribution in [0.2, 0.25) is 0 Å². The van der Waals surface area contributed by atoms with Crippen LogP contribution in [0.25, 0.3) is 112 Å². The first kappa shape index (κ1) is 38.8. The maximum Gasteiger partial charge on any atom is 0.160 e. The molecule has 2 bridgehead atoms. The van der Waals surface area contributed by atoms with Gasteiger partial charge in [-0.2, -0.15) is 0 Å². The Hall–Kier alpha value is -9.26. The van der Waals surface area contributed by atoms with Gasteiger partial charge in [-0.05, 0) is 94.0 Å². The lowest BCUT2D eigenvalue weighted by atomic mass is 9.61. The summed E-state index contributed by atoms with van der Waals surface area (Å²) in [6.07, 6.45) is 0. The molecule has 4 heterocycles. The molecule has 0 amide bonds. The molecular weight excluding hydrogens is 857 g/mol. The van der Waals surface area contributed by atoms with Crippen LogP contribution in [0.4, 0.5) is 0 Å². The molecular formula is C64H38N4O2. The van der Waals surface area contributed by atoms with Gasteiger partial charge in [-0.3, -0.25) is 0 Å². The second-order valence-electron chi connectivity index (χ2n) is 18.5. The normalized spacial score (nSPS) is 14.6. The largest absolute Gasteiger partial charge is 0.456 e. The van der Waals surface area contributed by atoms with Crippen molar-refractivity contribution in [1.29, 1.82) is 0 Å². The van der Waals surface area contributed by atoms with Gasteiger partial charge in [-0.15, -0.1) is 0 Å². The van der Waals surface area contributed by atoms with Crippen molar-refractivity contribution in [2.75, 3.05) is 0 Å². The number of hydrogen-bond donors (Lipinski definition) is 0. The molecule has 0 radical (unpaired) electrons. The van der Waals surface area contributed by atoms with Crippen LogP contribution in [0, 0.1) is 0 Å². The Bertz CT molecular complexity index is 3990. The molecule has 2 unspecified atom stereocenters. The predicted octanol–water partition coefficient (Wildman–Crippen LogP) is 16.1. The van der Waals surface area contributed by atoms with Crippen LogP contribution in [0.3, 0.4) is 0 Å². The highest BCUT2D eigenvalue weighted by Crippen LogP contribution is 2.56. The molecule has 0 saturated carbocycles. The highest BCUT2D eigenvalue weighted by Gasteiger charge is 2.41. The van der Waals surface area contributed by atoms with Gasteiger partial charge >= 0.3 is 0 Å². The van der Waals surface area contributed by atoms with Crippen molar-refractivity contribution in [3.63, 3.8) is 0 Å². The smallest absolute Gasteiger partial charge is 0.160 e. The molecule has 70 heavy (non-hydrogen) atoms. The number of hydrogen-bond acceptors (Lipinski definition) is 6. The Kier molecular flexibility index (Phi) is 8.38. The lowest BCUT2D eigenvalue weighted by Gasteiger charge is -2.42. The molecule has 6 heteroatoms. The minimum atomic E-state index is 0.0233. The maximum atomic E-state index is 6.34. The Balaban J connectivity index is 0.851. The zero-order chi connectivity index (χ0) is 45.9. The number of aromatic nitrogens is 4. The Labute approximate surface area is 402 Å². The van der Waals surface area contributed by atoms with Crippen molar-refractivity contribution < 1.29 is 8.83 Å². The molecule has 4 aromatic heterocycles. The first-order chi connectivity index (χ1) is 34.6. The minimum absolute atomic E-state index is 0.0233. The Morgan fingerprint density at radius 3 is 1.06 bits per heavy atom. The third-order valence-electron chi connectivity index (χ3n) is 14.5. The van der Waals surface area contributed by atoms with Crippen LogP contribution >= 0.6 is 0 Å². The molecule has 6 nitrogen and oxygen atoms in total. The average Bonchev–Trinajstić information content (AvgIpc) is 4.00. The van der Waals surface area contributed by atoms with E-state index in [1.165, 1.54) is 33.4 Å². The van der Waals surface area contributed by atoms with Crippen molar-refractivity contribution >= 4 is 43.9 Å². The number of nitrogens with zero attached hydrogens (tertiary/aromatic N) is 4.